The summed E-state index contributed by atoms with van der Waals surface area (Å²) in [5, 5.41) is 0. The number of hydrogen-bond acceptors (Lipinski definition) is 8. The topological polar surface area (TPSA) is 86.4 Å². The van der Waals surface area contributed by atoms with Crippen molar-refractivity contribution in [3.63, 3.8) is 0 Å². The van der Waals surface area contributed by atoms with Crippen LogP contribution in [0.15, 0.2) is 68.5 Å². The Balaban J connectivity index is 0.000000142. The van der Waals surface area contributed by atoms with Crippen molar-refractivity contribution in [3.05, 3.63) is 70.8 Å². The number of rotatable bonds is 4. The summed E-state index contributed by atoms with van der Waals surface area (Å²) in [4.78, 5) is 17.4. The molecule has 176 valence electrons. The van der Waals surface area contributed by atoms with Crippen LogP contribution in [0.1, 0.15) is 36.1 Å². The van der Waals surface area contributed by atoms with E-state index in [-0.39, 0.29) is 12.1 Å². The number of aliphatic imine (C=N–C) groups is 4. The molecule has 0 saturated carbocycles. The van der Waals surface area contributed by atoms with Crippen molar-refractivity contribution in [2.75, 3.05) is 39.5 Å². The second kappa shape index (κ2) is 10.1. The quantitative estimate of drug-likeness (QED) is 0.701. The average Bonchev–Trinajstić information content (AvgIpc) is 3.68. The van der Waals surface area contributed by atoms with E-state index < -0.39 is 0 Å². The Hall–Kier alpha value is -3.68. The second-order valence-electron chi connectivity index (χ2n) is 8.41. The van der Waals surface area contributed by atoms with Crippen LogP contribution in [-0.2, 0) is 18.9 Å². The van der Waals surface area contributed by atoms with Crippen molar-refractivity contribution >= 4 is 23.6 Å². The molecule has 2 unspecified atom stereocenters. The van der Waals surface area contributed by atoms with Gasteiger partial charge in [0.1, 0.15) is 26.4 Å². The van der Waals surface area contributed by atoms with Crippen LogP contribution in [0.25, 0.3) is 0 Å². The van der Waals surface area contributed by atoms with E-state index in [4.69, 9.17) is 18.9 Å². The minimum atomic E-state index is 0.253. The zero-order chi connectivity index (χ0) is 23.3. The molecule has 34 heavy (non-hydrogen) atoms. The van der Waals surface area contributed by atoms with Crippen LogP contribution >= 0.6 is 0 Å². The highest BCUT2D eigenvalue weighted by Crippen LogP contribution is 2.16. The van der Waals surface area contributed by atoms with Gasteiger partial charge < -0.3 is 18.9 Å². The van der Waals surface area contributed by atoms with E-state index in [9.17, 15) is 0 Å². The van der Waals surface area contributed by atoms with Crippen LogP contribution in [0.4, 0.5) is 0 Å². The molecule has 8 heteroatoms. The molecule has 0 fully saturated rings. The molecule has 6 rings (SSSR count). The van der Waals surface area contributed by atoms with Crippen LogP contribution in [0.5, 0.6) is 0 Å². The van der Waals surface area contributed by atoms with Crippen LogP contribution in [-0.4, -0.2) is 75.2 Å². The van der Waals surface area contributed by atoms with Gasteiger partial charge in [-0.25, -0.2) is 20.0 Å². The maximum absolute atomic E-state index is 5.52. The fourth-order valence-corrected chi connectivity index (χ4v) is 3.79. The lowest BCUT2D eigenvalue weighted by atomic mass is 10.1. The van der Waals surface area contributed by atoms with Gasteiger partial charge >= 0.3 is 0 Å². The summed E-state index contributed by atoms with van der Waals surface area (Å²) >= 11 is 0. The third-order valence-corrected chi connectivity index (χ3v) is 5.53. The van der Waals surface area contributed by atoms with E-state index in [1.807, 2.05) is 62.4 Å². The Morgan fingerprint density at radius 2 is 0.882 bits per heavy atom. The second-order valence-corrected chi connectivity index (χ2v) is 8.41. The van der Waals surface area contributed by atoms with Crippen LogP contribution in [0.2, 0.25) is 0 Å². The minimum Gasteiger partial charge on any atom is -0.476 e. The third kappa shape index (κ3) is 5.11. The Kier molecular flexibility index (Phi) is 6.56. The summed E-state index contributed by atoms with van der Waals surface area (Å²) in [5.74, 6) is 2.94. The summed E-state index contributed by atoms with van der Waals surface area (Å²) in [5.41, 5.74) is 4.05. The van der Waals surface area contributed by atoms with Crippen LogP contribution in [0, 0.1) is 0 Å². The molecule has 2 aromatic carbocycles. The molecule has 8 nitrogen and oxygen atoms in total. The highest BCUT2D eigenvalue weighted by molar-refractivity contribution is 5.99. The molecule has 4 aliphatic rings. The third-order valence-electron chi connectivity index (χ3n) is 5.53. The Morgan fingerprint density at radius 1 is 0.529 bits per heavy atom. The summed E-state index contributed by atoms with van der Waals surface area (Å²) < 4.78 is 21.8. The standard InChI is InChI=1S/C14H16N2O2.C12H12N2O2/c1-9-7-17-13(15-9)11-3-5-12(6-4-11)14-16-10(2)8-18-14;1-2-10(12-14-6-8-16-12)4-3-9(1)11-13-5-7-15-11/h3-6,9-10H,7-8H2,1-2H3;1-4H,5-8H2. The lowest BCUT2D eigenvalue weighted by Crippen LogP contribution is -2.04. The van der Waals surface area contributed by atoms with Crippen molar-refractivity contribution in [1.82, 2.24) is 0 Å². The first-order chi connectivity index (χ1) is 16.7. The molecule has 0 bridgehead atoms. The first-order valence-electron chi connectivity index (χ1n) is 11.6. The zero-order valence-electron chi connectivity index (χ0n) is 19.4. The fraction of sp³-hybridized carbons (Fsp3) is 0.385. The van der Waals surface area contributed by atoms with Gasteiger partial charge in [-0.2, -0.15) is 0 Å². The molecular formula is C26H28N4O4. The highest BCUT2D eigenvalue weighted by Gasteiger charge is 2.19. The molecule has 0 saturated heterocycles. The summed E-state index contributed by atoms with van der Waals surface area (Å²) in [7, 11) is 0. The normalized spacial score (nSPS) is 22.8. The van der Waals surface area contributed by atoms with E-state index in [1.54, 1.807) is 0 Å². The predicted molar refractivity (Wildman–Crippen MR) is 131 cm³/mol. The first-order valence-corrected chi connectivity index (χ1v) is 11.6. The predicted octanol–water partition coefficient (Wildman–Crippen LogP) is 3.26. The van der Waals surface area contributed by atoms with Gasteiger partial charge in [-0.3, -0.25) is 0 Å². The molecular weight excluding hydrogens is 432 g/mol. The fourth-order valence-electron chi connectivity index (χ4n) is 3.79. The van der Waals surface area contributed by atoms with E-state index in [2.05, 4.69) is 20.0 Å². The van der Waals surface area contributed by atoms with Gasteiger partial charge in [-0.15, -0.1) is 0 Å². The van der Waals surface area contributed by atoms with Crippen LogP contribution in [0.3, 0.4) is 0 Å². The van der Waals surface area contributed by atoms with Crippen molar-refractivity contribution in [2.24, 2.45) is 20.0 Å². The Morgan fingerprint density at radius 3 is 1.15 bits per heavy atom. The summed E-state index contributed by atoms with van der Waals surface area (Å²) in [6, 6.07) is 16.5. The number of benzene rings is 2. The average molecular weight is 461 g/mol. The Bertz CT molecular complexity index is 1050. The molecule has 2 aromatic rings. The minimum absolute atomic E-state index is 0.253. The number of hydrogen-bond donors (Lipinski definition) is 0. The highest BCUT2D eigenvalue weighted by atomic mass is 16.5. The summed E-state index contributed by atoms with van der Waals surface area (Å²) in [6.07, 6.45) is 0. The van der Waals surface area contributed by atoms with Gasteiger partial charge in [0.2, 0.25) is 23.6 Å². The summed E-state index contributed by atoms with van der Waals surface area (Å²) in [6.45, 7) is 8.32. The van der Waals surface area contributed by atoms with Gasteiger partial charge in [0.05, 0.1) is 25.2 Å². The molecule has 0 N–H and O–H groups in total. The largest absolute Gasteiger partial charge is 0.476 e. The van der Waals surface area contributed by atoms with Gasteiger partial charge in [0, 0.05) is 22.3 Å². The first kappa shape index (κ1) is 22.1. The van der Waals surface area contributed by atoms with E-state index in [1.165, 1.54) is 0 Å². The van der Waals surface area contributed by atoms with Gasteiger partial charge in [-0.05, 0) is 62.4 Å². The molecule has 4 aliphatic heterocycles. The van der Waals surface area contributed by atoms with E-state index in [0.29, 0.717) is 26.4 Å². The number of ether oxygens (including phenoxy) is 4. The van der Waals surface area contributed by atoms with Crippen LogP contribution < -0.4 is 0 Å². The molecule has 0 amide bonds. The van der Waals surface area contributed by atoms with Crippen molar-refractivity contribution < 1.29 is 18.9 Å². The van der Waals surface area contributed by atoms with E-state index >= 15 is 0 Å². The lowest BCUT2D eigenvalue weighted by Gasteiger charge is -2.04. The molecule has 2 atom stereocenters. The lowest BCUT2D eigenvalue weighted by molar-refractivity contribution is 0.323. The van der Waals surface area contributed by atoms with Gasteiger partial charge in [0.15, 0.2) is 0 Å². The smallest absolute Gasteiger partial charge is 0.216 e. The number of nitrogens with zero attached hydrogens (tertiary/aromatic N) is 4. The Labute approximate surface area is 199 Å². The van der Waals surface area contributed by atoms with Crippen molar-refractivity contribution in [3.8, 4) is 0 Å². The van der Waals surface area contributed by atoms with Crippen molar-refractivity contribution in [1.29, 1.82) is 0 Å². The molecule has 4 heterocycles. The maximum Gasteiger partial charge on any atom is 0.216 e. The molecule has 0 spiro atoms. The van der Waals surface area contributed by atoms with Crippen molar-refractivity contribution in [2.45, 2.75) is 25.9 Å². The monoisotopic (exact) mass is 460 g/mol. The molecule has 0 radical (unpaired) electrons. The SMILES string of the molecule is CC1COC(c2ccc(C3=NC(C)CO3)cc2)=N1.c1cc(C2=NCCO2)ccc1C1=NCCO1. The van der Waals surface area contributed by atoms with Gasteiger partial charge in [-0.1, -0.05) is 0 Å². The maximum atomic E-state index is 5.52. The van der Waals surface area contributed by atoms with Gasteiger partial charge in [0.25, 0.3) is 0 Å². The zero-order valence-corrected chi connectivity index (χ0v) is 19.4. The molecule has 0 aliphatic carbocycles. The van der Waals surface area contributed by atoms with E-state index in [0.717, 1.165) is 58.9 Å². The molecule has 0 aromatic heterocycles.